The zero-order chi connectivity index (χ0) is 18.3. The van der Waals surface area contributed by atoms with Crippen molar-refractivity contribution in [1.29, 1.82) is 0 Å². The van der Waals surface area contributed by atoms with Gasteiger partial charge in [0.25, 0.3) is 0 Å². The largest absolute Gasteiger partial charge is 0.494 e. The Morgan fingerprint density at radius 2 is 1.72 bits per heavy atom. The molecule has 0 saturated carbocycles. The molecule has 0 saturated heterocycles. The van der Waals surface area contributed by atoms with Crippen molar-refractivity contribution < 1.29 is 9.53 Å². The third-order valence-electron chi connectivity index (χ3n) is 3.87. The Hall–Kier alpha value is -2.23. The summed E-state index contributed by atoms with van der Waals surface area (Å²) in [7, 11) is 0. The minimum absolute atomic E-state index is 0.0206. The van der Waals surface area contributed by atoms with E-state index in [0.29, 0.717) is 13.1 Å². The van der Waals surface area contributed by atoms with Crippen LogP contribution >= 0.6 is 0 Å². The van der Waals surface area contributed by atoms with Crippen molar-refractivity contribution in [2.75, 3.05) is 31.6 Å². The monoisotopic (exact) mass is 344 g/mol. The van der Waals surface area contributed by atoms with Crippen LogP contribution in [0.1, 0.15) is 39.0 Å². The van der Waals surface area contributed by atoms with E-state index in [4.69, 9.17) is 4.74 Å². The fourth-order valence-corrected chi connectivity index (χ4v) is 2.44. The molecular weight excluding hydrogens is 312 g/mol. The lowest BCUT2D eigenvalue weighted by Crippen LogP contribution is -2.35. The third-order valence-corrected chi connectivity index (χ3v) is 3.87. The minimum Gasteiger partial charge on any atom is -0.494 e. The van der Waals surface area contributed by atoms with Crippen molar-refractivity contribution in [2.24, 2.45) is 0 Å². The van der Waals surface area contributed by atoms with Crippen molar-refractivity contribution in [2.45, 2.75) is 39.0 Å². The normalized spacial score (nSPS) is 10.1. The second-order valence-corrected chi connectivity index (χ2v) is 6.02. The van der Waals surface area contributed by atoms with Crippen LogP contribution in [0.25, 0.3) is 0 Å². The second kappa shape index (κ2) is 13.1. The molecule has 1 rings (SSSR count). The predicted octanol–water partition coefficient (Wildman–Crippen LogP) is 4.65. The molecule has 4 heteroatoms. The first kappa shape index (κ1) is 20.8. The lowest BCUT2D eigenvalue weighted by Gasteiger charge is -2.19. The molecule has 0 radical (unpaired) electrons. The summed E-state index contributed by atoms with van der Waals surface area (Å²) in [5.74, 6) is 0.888. The van der Waals surface area contributed by atoms with E-state index >= 15 is 0 Å². The molecule has 1 aromatic rings. The molecule has 0 aromatic heterocycles. The van der Waals surface area contributed by atoms with Crippen molar-refractivity contribution in [3.05, 3.63) is 49.6 Å². The molecule has 0 unspecified atom stereocenters. The Morgan fingerprint density at radius 1 is 1.08 bits per heavy atom. The fraction of sp³-hybridized carbons (Fsp3) is 0.476. The van der Waals surface area contributed by atoms with E-state index in [0.717, 1.165) is 24.5 Å². The molecule has 0 bridgehead atoms. The standard InChI is InChI=1S/C21H32N2O2/c1-4-7-8-9-10-17-25-20-13-11-19(12-14-20)22-18-21(24)23(15-5-2)16-6-3/h5-6,11-14,22H,2-4,7-10,15-18H2,1H3. The zero-order valence-electron chi connectivity index (χ0n) is 15.5. The maximum absolute atomic E-state index is 12.2. The van der Waals surface area contributed by atoms with Crippen LogP contribution in [0, 0.1) is 0 Å². The van der Waals surface area contributed by atoms with Gasteiger partial charge in [-0.1, -0.05) is 44.8 Å². The van der Waals surface area contributed by atoms with Crippen molar-refractivity contribution >= 4 is 11.6 Å². The molecule has 0 spiro atoms. The van der Waals surface area contributed by atoms with Gasteiger partial charge in [0.1, 0.15) is 5.75 Å². The highest BCUT2D eigenvalue weighted by Gasteiger charge is 2.09. The molecule has 0 aliphatic rings. The summed E-state index contributed by atoms with van der Waals surface area (Å²) < 4.78 is 5.74. The predicted molar refractivity (Wildman–Crippen MR) is 106 cm³/mol. The summed E-state index contributed by atoms with van der Waals surface area (Å²) >= 11 is 0. The third kappa shape index (κ3) is 8.99. The average Bonchev–Trinajstić information content (AvgIpc) is 2.63. The lowest BCUT2D eigenvalue weighted by molar-refractivity contribution is -0.128. The van der Waals surface area contributed by atoms with Crippen molar-refractivity contribution in [1.82, 2.24) is 4.90 Å². The van der Waals surface area contributed by atoms with E-state index < -0.39 is 0 Å². The van der Waals surface area contributed by atoms with Crippen LogP contribution in [0.3, 0.4) is 0 Å². The maximum atomic E-state index is 12.2. The van der Waals surface area contributed by atoms with Gasteiger partial charge in [-0.2, -0.15) is 0 Å². The molecule has 0 atom stereocenters. The number of unbranched alkanes of at least 4 members (excludes halogenated alkanes) is 4. The average molecular weight is 344 g/mol. The number of ether oxygens (including phenoxy) is 1. The van der Waals surface area contributed by atoms with Crippen LogP contribution in [0.15, 0.2) is 49.6 Å². The summed E-state index contributed by atoms with van der Waals surface area (Å²) in [6, 6.07) is 7.74. The van der Waals surface area contributed by atoms with Crippen LogP contribution in [-0.4, -0.2) is 37.0 Å². The highest BCUT2D eigenvalue weighted by Crippen LogP contribution is 2.16. The molecule has 0 fully saturated rings. The molecule has 1 N–H and O–H groups in total. The Kier molecular flexibility index (Phi) is 10.9. The van der Waals surface area contributed by atoms with Gasteiger partial charge in [-0.05, 0) is 30.7 Å². The SMILES string of the molecule is C=CCN(CC=C)C(=O)CNc1ccc(OCCCCCCC)cc1. The molecule has 0 heterocycles. The first-order valence-electron chi connectivity index (χ1n) is 9.17. The highest BCUT2D eigenvalue weighted by molar-refractivity contribution is 5.81. The summed E-state index contributed by atoms with van der Waals surface area (Å²) in [5, 5.41) is 3.14. The van der Waals surface area contributed by atoms with E-state index in [1.165, 1.54) is 25.7 Å². The first-order chi connectivity index (χ1) is 12.2. The van der Waals surface area contributed by atoms with E-state index in [9.17, 15) is 4.79 Å². The molecule has 138 valence electrons. The smallest absolute Gasteiger partial charge is 0.242 e. The number of hydrogen-bond donors (Lipinski definition) is 1. The highest BCUT2D eigenvalue weighted by atomic mass is 16.5. The number of rotatable bonds is 14. The van der Waals surface area contributed by atoms with Gasteiger partial charge in [0.05, 0.1) is 13.2 Å². The number of carbonyl (C=O) groups excluding carboxylic acids is 1. The molecule has 4 nitrogen and oxygen atoms in total. The summed E-state index contributed by atoms with van der Waals surface area (Å²) in [4.78, 5) is 13.9. The van der Waals surface area contributed by atoms with Gasteiger partial charge in [0, 0.05) is 18.8 Å². The molecular formula is C21H32N2O2. The number of hydrogen-bond acceptors (Lipinski definition) is 3. The number of amides is 1. The van der Waals surface area contributed by atoms with Crippen LogP contribution in [0.2, 0.25) is 0 Å². The van der Waals surface area contributed by atoms with Crippen LogP contribution in [-0.2, 0) is 4.79 Å². The lowest BCUT2D eigenvalue weighted by atomic mass is 10.2. The van der Waals surface area contributed by atoms with Crippen LogP contribution < -0.4 is 10.1 Å². The van der Waals surface area contributed by atoms with Gasteiger partial charge >= 0.3 is 0 Å². The molecule has 1 aromatic carbocycles. The first-order valence-corrected chi connectivity index (χ1v) is 9.17. The van der Waals surface area contributed by atoms with Gasteiger partial charge in [0.15, 0.2) is 0 Å². The Labute approximate surface area is 152 Å². The number of benzene rings is 1. The number of carbonyl (C=O) groups is 1. The number of anilines is 1. The molecule has 0 aliphatic carbocycles. The van der Waals surface area contributed by atoms with Crippen LogP contribution in [0.5, 0.6) is 5.75 Å². The fourth-order valence-electron chi connectivity index (χ4n) is 2.44. The van der Waals surface area contributed by atoms with E-state index in [1.54, 1.807) is 17.1 Å². The van der Waals surface area contributed by atoms with Gasteiger partial charge in [-0.25, -0.2) is 0 Å². The second-order valence-electron chi connectivity index (χ2n) is 6.02. The number of nitrogens with zero attached hydrogens (tertiary/aromatic N) is 1. The van der Waals surface area contributed by atoms with Gasteiger partial charge in [-0.15, -0.1) is 13.2 Å². The van der Waals surface area contributed by atoms with E-state index in [-0.39, 0.29) is 12.5 Å². The Balaban J connectivity index is 2.32. The van der Waals surface area contributed by atoms with Crippen molar-refractivity contribution in [3.8, 4) is 5.75 Å². The van der Waals surface area contributed by atoms with Crippen molar-refractivity contribution in [3.63, 3.8) is 0 Å². The molecule has 25 heavy (non-hydrogen) atoms. The van der Waals surface area contributed by atoms with Gasteiger partial charge in [-0.3, -0.25) is 4.79 Å². The molecule has 1 amide bonds. The topological polar surface area (TPSA) is 41.6 Å². The zero-order valence-corrected chi connectivity index (χ0v) is 15.5. The van der Waals surface area contributed by atoms with E-state index in [1.807, 2.05) is 24.3 Å². The van der Waals surface area contributed by atoms with E-state index in [2.05, 4.69) is 25.4 Å². The molecule has 0 aliphatic heterocycles. The Bertz CT molecular complexity index is 501. The minimum atomic E-state index is 0.0206. The maximum Gasteiger partial charge on any atom is 0.242 e. The van der Waals surface area contributed by atoms with Gasteiger partial charge in [0.2, 0.25) is 5.91 Å². The summed E-state index contributed by atoms with van der Waals surface area (Å²) in [6.07, 6.45) is 9.60. The number of nitrogens with one attached hydrogen (secondary N) is 1. The summed E-state index contributed by atoms with van der Waals surface area (Å²) in [5.41, 5.74) is 0.904. The summed E-state index contributed by atoms with van der Waals surface area (Å²) in [6.45, 7) is 11.6. The van der Waals surface area contributed by atoms with Gasteiger partial charge < -0.3 is 15.0 Å². The van der Waals surface area contributed by atoms with Crippen LogP contribution in [0.4, 0.5) is 5.69 Å². The quantitative estimate of drug-likeness (QED) is 0.394. The Morgan fingerprint density at radius 3 is 2.32 bits per heavy atom.